The molecule has 0 aliphatic heterocycles. The molecule has 0 aliphatic carbocycles. The number of benzene rings is 1. The summed E-state index contributed by atoms with van der Waals surface area (Å²) in [7, 11) is -1.96. The van der Waals surface area contributed by atoms with Crippen LogP contribution >= 0.6 is 12.2 Å². The van der Waals surface area contributed by atoms with Gasteiger partial charge in [0.2, 0.25) is 8.32 Å². The summed E-state index contributed by atoms with van der Waals surface area (Å²) >= 11 is 4.62. The predicted molar refractivity (Wildman–Crippen MR) is 91.7 cm³/mol. The van der Waals surface area contributed by atoms with Crippen molar-refractivity contribution in [3.8, 4) is 5.75 Å². The molecule has 3 N–H and O–H groups in total. The summed E-state index contributed by atoms with van der Waals surface area (Å²) in [6.07, 6.45) is 1.33. The van der Waals surface area contributed by atoms with E-state index >= 15 is 0 Å². The molecule has 1 aromatic carbocycles. The van der Waals surface area contributed by atoms with Gasteiger partial charge in [0.05, 0.1) is 6.21 Å². The summed E-state index contributed by atoms with van der Waals surface area (Å²) in [4.78, 5) is 0. The zero-order valence-corrected chi connectivity index (χ0v) is 14.8. The van der Waals surface area contributed by atoms with Crippen molar-refractivity contribution in [1.82, 2.24) is 5.43 Å². The lowest BCUT2D eigenvalue weighted by Crippen LogP contribution is -2.43. The number of rotatable bonds is 4. The summed E-state index contributed by atoms with van der Waals surface area (Å²) in [6, 6.07) is 4.62. The Balaban J connectivity index is 2.97. The molecule has 0 saturated carbocycles. The van der Waals surface area contributed by atoms with E-state index in [1.165, 1.54) is 12.3 Å². The van der Waals surface area contributed by atoms with Crippen molar-refractivity contribution in [2.24, 2.45) is 10.8 Å². The number of thiocarbonyl (C=S) groups is 1. The van der Waals surface area contributed by atoms with E-state index in [-0.39, 0.29) is 16.0 Å². The van der Waals surface area contributed by atoms with Crippen LogP contribution < -0.4 is 15.6 Å². The fourth-order valence-electron chi connectivity index (χ4n) is 1.30. The van der Waals surface area contributed by atoms with Crippen molar-refractivity contribution < 1.29 is 8.82 Å². The van der Waals surface area contributed by atoms with E-state index in [0.717, 1.165) is 0 Å². The zero-order valence-electron chi connectivity index (χ0n) is 13.0. The minimum Gasteiger partial charge on any atom is -0.543 e. The van der Waals surface area contributed by atoms with Crippen molar-refractivity contribution in [1.29, 1.82) is 0 Å². The summed E-state index contributed by atoms with van der Waals surface area (Å²) < 4.78 is 19.9. The van der Waals surface area contributed by atoms with E-state index < -0.39 is 8.32 Å². The lowest BCUT2D eigenvalue weighted by atomic mass is 10.2. The standard InChI is InChI=1S/C14H22FN3OSSi/c1-14(2,3)21(4,5)19-11-6-7-12(15)10(8-11)9-17-18-13(16)20/h6-9H,1-5H3,(H3,16,18,20). The van der Waals surface area contributed by atoms with Gasteiger partial charge in [-0.1, -0.05) is 20.8 Å². The van der Waals surface area contributed by atoms with E-state index in [0.29, 0.717) is 11.3 Å². The quantitative estimate of drug-likeness (QED) is 0.385. The van der Waals surface area contributed by atoms with Crippen molar-refractivity contribution >= 4 is 31.9 Å². The monoisotopic (exact) mass is 327 g/mol. The fourth-order valence-corrected chi connectivity index (χ4v) is 2.37. The third-order valence-corrected chi connectivity index (χ3v) is 7.97. The molecule has 116 valence electrons. The van der Waals surface area contributed by atoms with Gasteiger partial charge in [-0.25, -0.2) is 4.39 Å². The highest BCUT2D eigenvalue weighted by Gasteiger charge is 2.39. The first kappa shape index (κ1) is 17.6. The Morgan fingerprint density at radius 3 is 2.57 bits per heavy atom. The molecule has 0 amide bonds. The maximum absolute atomic E-state index is 13.7. The number of nitrogens with one attached hydrogen (secondary N) is 1. The molecule has 0 saturated heterocycles. The highest BCUT2D eigenvalue weighted by atomic mass is 32.1. The highest BCUT2D eigenvalue weighted by Crippen LogP contribution is 2.37. The second-order valence-electron chi connectivity index (χ2n) is 6.28. The fraction of sp³-hybridized carbons (Fsp3) is 0.429. The van der Waals surface area contributed by atoms with Crippen LogP contribution in [0.2, 0.25) is 18.1 Å². The normalized spacial score (nSPS) is 12.5. The molecule has 4 nitrogen and oxygen atoms in total. The molecule has 1 aromatic rings. The second-order valence-corrected chi connectivity index (χ2v) is 11.4. The first-order valence-corrected chi connectivity index (χ1v) is 9.92. The Morgan fingerprint density at radius 2 is 2.05 bits per heavy atom. The topological polar surface area (TPSA) is 59.6 Å². The molecule has 0 bridgehead atoms. The first-order chi connectivity index (χ1) is 9.53. The maximum Gasteiger partial charge on any atom is 0.250 e. The molecule has 0 unspecified atom stereocenters. The Labute approximate surface area is 131 Å². The van der Waals surface area contributed by atoms with Gasteiger partial charge < -0.3 is 10.2 Å². The van der Waals surface area contributed by atoms with Gasteiger partial charge in [-0.3, -0.25) is 5.43 Å². The Kier molecular flexibility index (Phi) is 5.46. The SMILES string of the molecule is CC(C)(C)[Si](C)(C)Oc1ccc(F)c(C=NNC(N)=S)c1. The van der Waals surface area contributed by atoms with E-state index in [1.54, 1.807) is 12.1 Å². The van der Waals surface area contributed by atoms with Crippen LogP contribution in [0.1, 0.15) is 26.3 Å². The predicted octanol–water partition coefficient (Wildman–Crippen LogP) is 3.38. The third kappa shape index (κ3) is 5.09. The number of nitrogens with two attached hydrogens (primary N) is 1. The lowest BCUT2D eigenvalue weighted by Gasteiger charge is -2.36. The lowest BCUT2D eigenvalue weighted by molar-refractivity contribution is 0.490. The van der Waals surface area contributed by atoms with Crippen LogP contribution in [-0.2, 0) is 0 Å². The smallest absolute Gasteiger partial charge is 0.250 e. The van der Waals surface area contributed by atoms with Crippen LogP contribution in [0.25, 0.3) is 0 Å². The largest absolute Gasteiger partial charge is 0.543 e. The van der Waals surface area contributed by atoms with E-state index in [9.17, 15) is 4.39 Å². The van der Waals surface area contributed by atoms with Crippen LogP contribution in [0.4, 0.5) is 4.39 Å². The number of hydrogen-bond acceptors (Lipinski definition) is 3. The molecule has 0 heterocycles. The molecule has 0 aromatic heterocycles. The molecule has 0 radical (unpaired) electrons. The number of nitrogens with zero attached hydrogens (tertiary/aromatic N) is 1. The Hall–Kier alpha value is -1.47. The third-order valence-electron chi connectivity index (χ3n) is 3.53. The average Bonchev–Trinajstić information content (AvgIpc) is 2.31. The van der Waals surface area contributed by atoms with Gasteiger partial charge in [0, 0.05) is 5.56 Å². The second kappa shape index (κ2) is 6.53. The number of hydrazone groups is 1. The van der Waals surface area contributed by atoms with Gasteiger partial charge in [0.1, 0.15) is 11.6 Å². The molecular weight excluding hydrogens is 305 g/mol. The highest BCUT2D eigenvalue weighted by molar-refractivity contribution is 7.80. The summed E-state index contributed by atoms with van der Waals surface area (Å²) in [5.41, 5.74) is 7.96. The van der Waals surface area contributed by atoms with E-state index in [1.807, 2.05) is 0 Å². The molecule has 7 heteroatoms. The van der Waals surface area contributed by atoms with Gasteiger partial charge in [-0.15, -0.1) is 0 Å². The minimum atomic E-state index is -1.96. The van der Waals surface area contributed by atoms with Crippen LogP contribution in [0.3, 0.4) is 0 Å². The number of halogens is 1. The van der Waals surface area contributed by atoms with E-state index in [2.05, 4.69) is 56.6 Å². The molecule has 0 atom stereocenters. The van der Waals surface area contributed by atoms with Gasteiger partial charge in [0.15, 0.2) is 5.11 Å². The minimum absolute atomic E-state index is 0.0281. The molecule has 0 aliphatic rings. The molecule has 1 rings (SSSR count). The molecule has 0 fully saturated rings. The zero-order chi connectivity index (χ0) is 16.3. The molecular formula is C14H22FN3OSSi. The number of hydrogen-bond donors (Lipinski definition) is 2. The van der Waals surface area contributed by atoms with Gasteiger partial charge in [-0.2, -0.15) is 5.10 Å². The van der Waals surface area contributed by atoms with Crippen LogP contribution in [0, 0.1) is 5.82 Å². The van der Waals surface area contributed by atoms with Crippen LogP contribution in [0.5, 0.6) is 5.75 Å². The van der Waals surface area contributed by atoms with Gasteiger partial charge in [-0.05, 0) is 48.5 Å². The van der Waals surface area contributed by atoms with Crippen molar-refractivity contribution in [3.63, 3.8) is 0 Å². The first-order valence-electron chi connectivity index (χ1n) is 6.60. The maximum atomic E-state index is 13.7. The van der Waals surface area contributed by atoms with Gasteiger partial charge >= 0.3 is 0 Å². The van der Waals surface area contributed by atoms with Crippen molar-refractivity contribution in [3.05, 3.63) is 29.6 Å². The summed E-state index contributed by atoms with van der Waals surface area (Å²) in [6.45, 7) is 10.7. The average molecular weight is 328 g/mol. The Morgan fingerprint density at radius 1 is 1.43 bits per heavy atom. The molecule has 21 heavy (non-hydrogen) atoms. The van der Waals surface area contributed by atoms with Crippen LogP contribution in [-0.4, -0.2) is 19.6 Å². The van der Waals surface area contributed by atoms with E-state index in [4.69, 9.17) is 10.2 Å². The van der Waals surface area contributed by atoms with Crippen molar-refractivity contribution in [2.75, 3.05) is 0 Å². The summed E-state index contributed by atoms with van der Waals surface area (Å²) in [5, 5.41) is 3.86. The Bertz CT molecular complexity index is 556. The van der Waals surface area contributed by atoms with Gasteiger partial charge in [0.25, 0.3) is 0 Å². The van der Waals surface area contributed by atoms with Crippen LogP contribution in [0.15, 0.2) is 23.3 Å². The summed E-state index contributed by atoms with van der Waals surface area (Å²) in [5.74, 6) is 0.255. The van der Waals surface area contributed by atoms with Crippen molar-refractivity contribution in [2.45, 2.75) is 38.9 Å². The molecule has 0 spiro atoms.